The number of thiazole rings is 1. The van der Waals surface area contributed by atoms with Crippen LogP contribution in [0.1, 0.15) is 29.4 Å². The van der Waals surface area contributed by atoms with Crippen molar-refractivity contribution in [3.63, 3.8) is 0 Å². The van der Waals surface area contributed by atoms with Gasteiger partial charge in [0, 0.05) is 50.1 Å². The van der Waals surface area contributed by atoms with Crippen molar-refractivity contribution in [2.24, 2.45) is 4.99 Å². The van der Waals surface area contributed by atoms with Crippen LogP contribution < -0.4 is 10.6 Å². The average molecular weight is 481 g/mol. The number of hydrogen-bond acceptors (Lipinski definition) is 5. The molecular weight excluding hydrogens is 449 g/mol. The molecule has 1 fully saturated rings. The predicted octanol–water partition coefficient (Wildman–Crippen LogP) is 2.20. The van der Waals surface area contributed by atoms with Crippen molar-refractivity contribution < 1.29 is 4.74 Å². The Bertz CT molecular complexity index is 536. The SMILES string of the molecule is CN=C(NCCc1nc(C)c(C)s1)NCC(C)(C)N1CCOCC1.I. The van der Waals surface area contributed by atoms with Gasteiger partial charge in [-0.2, -0.15) is 0 Å². The number of ether oxygens (including phenoxy) is 1. The number of morpholine rings is 1. The van der Waals surface area contributed by atoms with E-state index in [1.807, 2.05) is 7.05 Å². The molecule has 1 aromatic heterocycles. The van der Waals surface area contributed by atoms with Crippen molar-refractivity contribution in [3.05, 3.63) is 15.6 Å². The third-order valence-corrected chi connectivity index (χ3v) is 5.62. The van der Waals surface area contributed by atoms with Crippen LogP contribution in [0.2, 0.25) is 0 Å². The first kappa shape index (κ1) is 22.6. The molecule has 144 valence electrons. The summed E-state index contributed by atoms with van der Waals surface area (Å²) in [6.45, 7) is 14.0. The molecule has 1 aliphatic rings. The van der Waals surface area contributed by atoms with E-state index in [4.69, 9.17) is 4.74 Å². The maximum absolute atomic E-state index is 5.44. The number of hydrogen-bond donors (Lipinski definition) is 2. The van der Waals surface area contributed by atoms with Gasteiger partial charge in [-0.05, 0) is 27.7 Å². The van der Waals surface area contributed by atoms with Gasteiger partial charge in [-0.1, -0.05) is 0 Å². The van der Waals surface area contributed by atoms with Gasteiger partial charge < -0.3 is 15.4 Å². The number of guanidine groups is 1. The maximum atomic E-state index is 5.44. The summed E-state index contributed by atoms with van der Waals surface area (Å²) in [5, 5.41) is 8.02. The number of aromatic nitrogens is 1. The van der Waals surface area contributed by atoms with E-state index in [0.717, 1.165) is 57.5 Å². The molecule has 1 aromatic rings. The monoisotopic (exact) mass is 481 g/mol. The minimum atomic E-state index is 0. The van der Waals surface area contributed by atoms with Crippen LogP contribution >= 0.6 is 35.3 Å². The zero-order valence-corrected chi connectivity index (χ0v) is 19.2. The fraction of sp³-hybridized carbons (Fsp3) is 0.765. The fourth-order valence-corrected chi connectivity index (χ4v) is 3.67. The van der Waals surface area contributed by atoms with Gasteiger partial charge in [-0.15, -0.1) is 35.3 Å². The summed E-state index contributed by atoms with van der Waals surface area (Å²) in [6, 6.07) is 0. The standard InChI is InChI=1S/C17H31N5OS.HI/c1-13-14(2)24-15(21-13)6-7-19-16(18-5)20-12-17(3,4)22-8-10-23-11-9-22;/h6-12H2,1-5H3,(H2,18,19,20);1H. The van der Waals surface area contributed by atoms with Gasteiger partial charge in [0.05, 0.1) is 23.9 Å². The van der Waals surface area contributed by atoms with Crippen LogP contribution in [0.5, 0.6) is 0 Å². The average Bonchev–Trinajstić information content (AvgIpc) is 2.89. The molecule has 0 aliphatic carbocycles. The molecule has 25 heavy (non-hydrogen) atoms. The van der Waals surface area contributed by atoms with Gasteiger partial charge in [0.15, 0.2) is 5.96 Å². The molecule has 1 aliphatic heterocycles. The van der Waals surface area contributed by atoms with Crippen LogP contribution in [0, 0.1) is 13.8 Å². The summed E-state index contributed by atoms with van der Waals surface area (Å²) in [7, 11) is 1.81. The van der Waals surface area contributed by atoms with Gasteiger partial charge in [0.1, 0.15) is 0 Å². The summed E-state index contributed by atoms with van der Waals surface area (Å²) in [6.07, 6.45) is 0.924. The smallest absolute Gasteiger partial charge is 0.191 e. The predicted molar refractivity (Wildman–Crippen MR) is 117 cm³/mol. The topological polar surface area (TPSA) is 61.8 Å². The zero-order chi connectivity index (χ0) is 17.6. The van der Waals surface area contributed by atoms with Crippen molar-refractivity contribution in [1.82, 2.24) is 20.5 Å². The minimum absolute atomic E-state index is 0. The summed E-state index contributed by atoms with van der Waals surface area (Å²) >= 11 is 1.78. The molecule has 0 spiro atoms. The number of halogens is 1. The Morgan fingerprint density at radius 3 is 2.52 bits per heavy atom. The molecule has 1 saturated heterocycles. The Hall–Kier alpha value is -0.450. The molecule has 6 nitrogen and oxygen atoms in total. The van der Waals surface area contributed by atoms with E-state index < -0.39 is 0 Å². The molecular formula is C17H32IN5OS. The second-order valence-electron chi connectivity index (χ2n) is 6.76. The van der Waals surface area contributed by atoms with E-state index >= 15 is 0 Å². The van der Waals surface area contributed by atoms with Crippen LogP contribution in [-0.2, 0) is 11.2 Å². The quantitative estimate of drug-likeness (QED) is 0.371. The highest BCUT2D eigenvalue weighted by molar-refractivity contribution is 14.0. The highest BCUT2D eigenvalue weighted by atomic mass is 127. The lowest BCUT2D eigenvalue weighted by molar-refractivity contribution is -0.00833. The maximum Gasteiger partial charge on any atom is 0.191 e. The summed E-state index contributed by atoms with van der Waals surface area (Å²) in [5.74, 6) is 0.848. The Balaban J connectivity index is 0.00000312. The molecule has 2 N–H and O–H groups in total. The van der Waals surface area contributed by atoms with Crippen LogP contribution in [0.15, 0.2) is 4.99 Å². The number of nitrogens with zero attached hydrogens (tertiary/aromatic N) is 3. The largest absolute Gasteiger partial charge is 0.379 e. The van der Waals surface area contributed by atoms with E-state index in [9.17, 15) is 0 Å². The molecule has 0 unspecified atom stereocenters. The first-order chi connectivity index (χ1) is 11.4. The van der Waals surface area contributed by atoms with Crippen molar-refractivity contribution in [3.8, 4) is 0 Å². The third-order valence-electron chi connectivity index (χ3n) is 4.48. The summed E-state index contributed by atoms with van der Waals surface area (Å²) in [4.78, 5) is 12.7. The van der Waals surface area contributed by atoms with Crippen molar-refractivity contribution in [2.75, 3.05) is 46.4 Å². The summed E-state index contributed by atoms with van der Waals surface area (Å²) in [5.41, 5.74) is 1.22. The number of nitrogens with one attached hydrogen (secondary N) is 2. The molecule has 2 rings (SSSR count). The Labute approximate surface area is 172 Å². The molecule has 0 radical (unpaired) electrons. The van der Waals surface area contributed by atoms with Crippen LogP contribution in [0.4, 0.5) is 0 Å². The van der Waals surface area contributed by atoms with Gasteiger partial charge in [0.25, 0.3) is 0 Å². The third kappa shape index (κ3) is 6.99. The number of aryl methyl sites for hydroxylation is 2. The first-order valence-electron chi connectivity index (χ1n) is 8.62. The first-order valence-corrected chi connectivity index (χ1v) is 9.44. The number of rotatable bonds is 6. The molecule has 0 saturated carbocycles. The lowest BCUT2D eigenvalue weighted by Crippen LogP contribution is -2.56. The Morgan fingerprint density at radius 1 is 1.28 bits per heavy atom. The molecule has 2 heterocycles. The van der Waals surface area contributed by atoms with E-state index in [2.05, 4.69) is 53.2 Å². The van der Waals surface area contributed by atoms with Gasteiger partial charge in [-0.3, -0.25) is 9.89 Å². The molecule has 0 atom stereocenters. The van der Waals surface area contributed by atoms with Crippen LogP contribution in [0.3, 0.4) is 0 Å². The van der Waals surface area contributed by atoms with E-state index in [0.29, 0.717) is 0 Å². The zero-order valence-electron chi connectivity index (χ0n) is 16.0. The van der Waals surface area contributed by atoms with Crippen molar-refractivity contribution in [1.29, 1.82) is 0 Å². The van der Waals surface area contributed by atoms with E-state index in [1.165, 1.54) is 9.88 Å². The number of aliphatic imine (C=N–C) groups is 1. The highest BCUT2D eigenvalue weighted by Crippen LogP contribution is 2.16. The van der Waals surface area contributed by atoms with Crippen LogP contribution in [-0.4, -0.2) is 67.8 Å². The van der Waals surface area contributed by atoms with E-state index in [1.54, 1.807) is 11.3 Å². The van der Waals surface area contributed by atoms with E-state index in [-0.39, 0.29) is 29.5 Å². The minimum Gasteiger partial charge on any atom is -0.379 e. The molecule has 8 heteroatoms. The Kier molecular flexibility index (Phi) is 9.61. The highest BCUT2D eigenvalue weighted by Gasteiger charge is 2.28. The van der Waals surface area contributed by atoms with Gasteiger partial charge in [0.2, 0.25) is 0 Å². The lowest BCUT2D eigenvalue weighted by Gasteiger charge is -2.41. The second kappa shape index (κ2) is 10.6. The lowest BCUT2D eigenvalue weighted by atomic mass is 10.0. The normalized spacial score (nSPS) is 16.4. The Morgan fingerprint density at radius 2 is 1.96 bits per heavy atom. The fourth-order valence-electron chi connectivity index (χ4n) is 2.74. The van der Waals surface area contributed by atoms with Crippen molar-refractivity contribution in [2.45, 2.75) is 39.7 Å². The molecule has 0 amide bonds. The van der Waals surface area contributed by atoms with Crippen LogP contribution in [0.25, 0.3) is 0 Å². The van der Waals surface area contributed by atoms with Gasteiger partial charge in [-0.25, -0.2) is 4.98 Å². The second-order valence-corrected chi connectivity index (χ2v) is 8.05. The van der Waals surface area contributed by atoms with Crippen molar-refractivity contribution >= 4 is 41.3 Å². The summed E-state index contributed by atoms with van der Waals surface area (Å²) < 4.78 is 5.44. The van der Waals surface area contributed by atoms with Gasteiger partial charge >= 0.3 is 0 Å². The molecule has 0 bridgehead atoms. The molecule has 0 aromatic carbocycles.